The molecule has 0 heterocycles. The van der Waals surface area contributed by atoms with Crippen LogP contribution in [0.25, 0.3) is 0 Å². The zero-order chi connectivity index (χ0) is 15.3. The van der Waals surface area contributed by atoms with E-state index in [9.17, 15) is 9.90 Å². The highest BCUT2D eigenvalue weighted by molar-refractivity contribution is 6.05. The molecule has 110 valence electrons. The van der Waals surface area contributed by atoms with E-state index >= 15 is 0 Å². The van der Waals surface area contributed by atoms with Gasteiger partial charge in [-0.1, -0.05) is 27.7 Å². The molecule has 0 rings (SSSR count). The second-order valence-electron chi connectivity index (χ2n) is 5.76. The molecule has 0 aromatic rings. The summed E-state index contributed by atoms with van der Waals surface area (Å²) in [5.74, 6) is -0.606. The topological polar surface area (TPSA) is 94.4 Å². The molecule has 0 saturated heterocycles. The number of hydrogen-bond acceptors (Lipinski definition) is 5. The maximum Gasteiger partial charge on any atom is 0.259 e. The molecule has 19 heavy (non-hydrogen) atoms. The van der Waals surface area contributed by atoms with Crippen LogP contribution in [-0.4, -0.2) is 29.0 Å². The van der Waals surface area contributed by atoms with Crippen molar-refractivity contribution in [2.45, 2.75) is 47.1 Å². The zero-order valence-electron chi connectivity index (χ0n) is 12.5. The summed E-state index contributed by atoms with van der Waals surface area (Å²) in [6, 6.07) is 0. The summed E-state index contributed by atoms with van der Waals surface area (Å²) in [7, 11) is 0. The van der Waals surface area contributed by atoms with Crippen LogP contribution in [0.4, 0.5) is 0 Å². The molecule has 0 spiro atoms. The summed E-state index contributed by atoms with van der Waals surface area (Å²) < 4.78 is 0. The van der Waals surface area contributed by atoms with E-state index < -0.39 is 16.9 Å². The van der Waals surface area contributed by atoms with Gasteiger partial charge in [0.05, 0.1) is 0 Å². The van der Waals surface area contributed by atoms with E-state index in [1.165, 1.54) is 6.08 Å². The van der Waals surface area contributed by atoms with Crippen LogP contribution in [0.15, 0.2) is 11.8 Å². The smallest absolute Gasteiger partial charge is 0.259 e. The molecular weight excluding hydrogens is 246 g/mol. The fourth-order valence-corrected chi connectivity index (χ4v) is 0.961. The minimum absolute atomic E-state index is 0.0307. The van der Waals surface area contributed by atoms with Gasteiger partial charge in [-0.25, -0.2) is 5.48 Å². The van der Waals surface area contributed by atoms with Crippen molar-refractivity contribution in [1.82, 2.24) is 10.8 Å². The van der Waals surface area contributed by atoms with Crippen molar-refractivity contribution in [1.29, 1.82) is 5.41 Å². The van der Waals surface area contributed by atoms with Crippen molar-refractivity contribution in [3.63, 3.8) is 0 Å². The Morgan fingerprint density at radius 1 is 1.32 bits per heavy atom. The summed E-state index contributed by atoms with van der Waals surface area (Å²) in [6.45, 7) is 11.0. The Hall–Kier alpha value is -1.40. The predicted molar refractivity (Wildman–Crippen MR) is 74.9 cm³/mol. The maximum atomic E-state index is 11.9. The molecule has 0 fully saturated rings. The fraction of sp³-hybridized carbons (Fsp3) is 0.692. The van der Waals surface area contributed by atoms with E-state index in [0.29, 0.717) is 6.54 Å². The van der Waals surface area contributed by atoms with Crippen LogP contribution in [-0.2, 0) is 9.63 Å². The normalized spacial score (nSPS) is 13.3. The van der Waals surface area contributed by atoms with Gasteiger partial charge in [-0.2, -0.15) is 0 Å². The average Bonchev–Trinajstić information content (AvgIpc) is 2.24. The molecule has 6 nitrogen and oxygen atoms in total. The van der Waals surface area contributed by atoms with Crippen molar-refractivity contribution in [2.24, 2.45) is 5.41 Å². The number of aliphatic hydroxyl groups excluding tert-OH is 1. The van der Waals surface area contributed by atoms with E-state index in [-0.39, 0.29) is 11.6 Å². The van der Waals surface area contributed by atoms with Gasteiger partial charge in [-0.05, 0) is 13.8 Å². The molecular formula is C13H25N3O3. The van der Waals surface area contributed by atoms with Crippen LogP contribution >= 0.6 is 0 Å². The maximum absolute atomic E-state index is 11.9. The van der Waals surface area contributed by atoms with Crippen LogP contribution in [0.1, 0.15) is 41.5 Å². The van der Waals surface area contributed by atoms with Gasteiger partial charge in [-0.15, -0.1) is 0 Å². The highest BCUT2D eigenvalue weighted by Gasteiger charge is 2.29. The first kappa shape index (κ1) is 17.6. The van der Waals surface area contributed by atoms with Crippen molar-refractivity contribution in [2.75, 3.05) is 6.54 Å². The standard InChI is InChI=1S/C13H25N3O3/c1-7-15-19-13(5,6)11(18)16-10(14)8-9(17)12(2,3)4/h8,15,17H,7H2,1-6H3,(H2,14,16,18)/b9-8-. The Labute approximate surface area is 114 Å². The van der Waals surface area contributed by atoms with E-state index in [1.54, 1.807) is 13.8 Å². The Morgan fingerprint density at radius 2 is 1.84 bits per heavy atom. The largest absolute Gasteiger partial charge is 0.512 e. The molecule has 0 unspecified atom stereocenters. The highest BCUT2D eigenvalue weighted by Crippen LogP contribution is 2.22. The summed E-state index contributed by atoms with van der Waals surface area (Å²) >= 11 is 0. The number of hydroxylamine groups is 1. The fourth-order valence-electron chi connectivity index (χ4n) is 0.961. The van der Waals surface area contributed by atoms with Crippen molar-refractivity contribution in [3.8, 4) is 0 Å². The number of nitrogens with one attached hydrogen (secondary N) is 3. The minimum atomic E-state index is -1.10. The molecule has 6 heteroatoms. The molecule has 0 aliphatic rings. The third kappa shape index (κ3) is 6.35. The number of allylic oxidation sites excluding steroid dienone is 1. The first-order chi connectivity index (χ1) is 8.50. The molecule has 0 aromatic carbocycles. The van der Waals surface area contributed by atoms with E-state index in [0.717, 1.165) is 0 Å². The Morgan fingerprint density at radius 3 is 2.26 bits per heavy atom. The average molecular weight is 271 g/mol. The van der Waals surface area contributed by atoms with Crippen molar-refractivity contribution in [3.05, 3.63) is 11.8 Å². The van der Waals surface area contributed by atoms with Crippen LogP contribution in [0.3, 0.4) is 0 Å². The third-order valence-corrected chi connectivity index (χ3v) is 2.32. The van der Waals surface area contributed by atoms with Crippen molar-refractivity contribution >= 4 is 11.7 Å². The van der Waals surface area contributed by atoms with E-state index in [4.69, 9.17) is 10.2 Å². The summed E-state index contributed by atoms with van der Waals surface area (Å²) in [4.78, 5) is 17.1. The summed E-state index contributed by atoms with van der Waals surface area (Å²) in [5, 5.41) is 19.8. The second-order valence-corrected chi connectivity index (χ2v) is 5.76. The third-order valence-electron chi connectivity index (χ3n) is 2.32. The van der Waals surface area contributed by atoms with Gasteiger partial charge in [0.25, 0.3) is 5.91 Å². The van der Waals surface area contributed by atoms with Crippen LogP contribution in [0, 0.1) is 10.8 Å². The monoisotopic (exact) mass is 271 g/mol. The lowest BCUT2D eigenvalue weighted by atomic mass is 9.93. The number of amidine groups is 1. The highest BCUT2D eigenvalue weighted by atomic mass is 16.7. The summed E-state index contributed by atoms with van der Waals surface area (Å²) in [6.07, 6.45) is 1.22. The van der Waals surface area contributed by atoms with Gasteiger partial charge in [0.15, 0.2) is 5.60 Å². The van der Waals surface area contributed by atoms with Crippen LogP contribution < -0.4 is 10.8 Å². The molecule has 0 aromatic heterocycles. The lowest BCUT2D eigenvalue weighted by Gasteiger charge is -2.23. The molecule has 0 radical (unpaired) electrons. The van der Waals surface area contributed by atoms with Gasteiger partial charge in [0, 0.05) is 18.0 Å². The first-order valence-corrected chi connectivity index (χ1v) is 6.22. The van der Waals surface area contributed by atoms with E-state index in [2.05, 4.69) is 10.8 Å². The zero-order valence-corrected chi connectivity index (χ0v) is 12.5. The lowest BCUT2D eigenvalue weighted by Crippen LogP contribution is -2.48. The van der Waals surface area contributed by atoms with Crippen LogP contribution in [0.2, 0.25) is 0 Å². The number of rotatable bonds is 5. The quantitative estimate of drug-likeness (QED) is 0.266. The van der Waals surface area contributed by atoms with Gasteiger partial charge in [0.2, 0.25) is 0 Å². The van der Waals surface area contributed by atoms with Crippen LogP contribution in [0.5, 0.6) is 0 Å². The Bertz CT molecular complexity index is 368. The number of hydrogen-bond donors (Lipinski definition) is 4. The lowest BCUT2D eigenvalue weighted by molar-refractivity contribution is -0.150. The molecule has 0 bridgehead atoms. The minimum Gasteiger partial charge on any atom is -0.512 e. The number of aliphatic hydroxyl groups is 1. The van der Waals surface area contributed by atoms with Gasteiger partial charge >= 0.3 is 0 Å². The number of carbonyl (C=O) groups is 1. The molecule has 0 aliphatic heterocycles. The molecule has 0 saturated carbocycles. The number of amides is 1. The SMILES string of the molecule is CCNOC(C)(C)C(=O)NC(=N)/C=C(\O)C(C)(C)C. The summed E-state index contributed by atoms with van der Waals surface area (Å²) in [5.41, 5.74) is 1.04. The molecule has 0 aliphatic carbocycles. The van der Waals surface area contributed by atoms with Gasteiger partial charge < -0.3 is 10.4 Å². The Balaban J connectivity index is 4.62. The first-order valence-electron chi connectivity index (χ1n) is 6.22. The second kappa shape index (κ2) is 6.68. The number of carbonyl (C=O) groups excluding carboxylic acids is 1. The molecule has 0 atom stereocenters. The molecule has 4 N–H and O–H groups in total. The Kier molecular flexibility index (Phi) is 6.18. The van der Waals surface area contributed by atoms with Gasteiger partial charge in [0.1, 0.15) is 11.6 Å². The molecule has 1 amide bonds. The van der Waals surface area contributed by atoms with E-state index in [1.807, 2.05) is 27.7 Å². The predicted octanol–water partition coefficient (Wildman–Crippen LogP) is 1.89. The van der Waals surface area contributed by atoms with Crippen molar-refractivity contribution < 1.29 is 14.7 Å². The van der Waals surface area contributed by atoms with Gasteiger partial charge in [-0.3, -0.25) is 15.0 Å².